The lowest BCUT2D eigenvalue weighted by atomic mass is 10.2. The lowest BCUT2D eigenvalue weighted by Gasteiger charge is -2.10. The third kappa shape index (κ3) is 2.25. The van der Waals surface area contributed by atoms with Gasteiger partial charge in [-0.25, -0.2) is 0 Å². The largest absolute Gasteiger partial charge is 0.468 e. The normalized spacial score (nSPS) is 12.9. The maximum absolute atomic E-state index is 5.24. The standard InChI is InChI=1S/C11H13NOS/c1-9(11-5-3-7-14-11)12-8-10-4-2-6-13-10/h2-7,9,12H,8H2,1H3. The van der Waals surface area contributed by atoms with Crippen molar-refractivity contribution >= 4 is 11.3 Å². The number of thiophene rings is 1. The molecule has 0 aliphatic rings. The van der Waals surface area contributed by atoms with Gasteiger partial charge in [0.1, 0.15) is 5.76 Å². The average Bonchev–Trinajstić information content (AvgIpc) is 2.87. The Morgan fingerprint density at radius 1 is 1.43 bits per heavy atom. The molecule has 0 aromatic carbocycles. The summed E-state index contributed by atoms with van der Waals surface area (Å²) in [6.45, 7) is 2.95. The smallest absolute Gasteiger partial charge is 0.117 e. The molecule has 3 heteroatoms. The number of hydrogen-bond acceptors (Lipinski definition) is 3. The molecule has 14 heavy (non-hydrogen) atoms. The fourth-order valence-electron chi connectivity index (χ4n) is 1.31. The maximum atomic E-state index is 5.24. The fourth-order valence-corrected chi connectivity index (χ4v) is 2.06. The molecular weight excluding hydrogens is 194 g/mol. The van der Waals surface area contributed by atoms with Crippen molar-refractivity contribution in [2.75, 3.05) is 0 Å². The summed E-state index contributed by atoms with van der Waals surface area (Å²) in [5.74, 6) is 0.980. The van der Waals surface area contributed by atoms with Crippen LogP contribution in [0.3, 0.4) is 0 Å². The number of rotatable bonds is 4. The minimum absolute atomic E-state index is 0.389. The van der Waals surface area contributed by atoms with Gasteiger partial charge in [0.05, 0.1) is 12.8 Å². The van der Waals surface area contributed by atoms with Crippen LogP contribution in [-0.4, -0.2) is 0 Å². The highest BCUT2D eigenvalue weighted by Crippen LogP contribution is 2.18. The molecule has 0 aliphatic carbocycles. The summed E-state index contributed by atoms with van der Waals surface area (Å²) in [7, 11) is 0. The fraction of sp³-hybridized carbons (Fsp3) is 0.273. The van der Waals surface area contributed by atoms with Crippen molar-refractivity contribution in [1.29, 1.82) is 0 Å². The van der Waals surface area contributed by atoms with E-state index in [2.05, 4.69) is 29.8 Å². The van der Waals surface area contributed by atoms with Crippen molar-refractivity contribution < 1.29 is 4.42 Å². The first-order chi connectivity index (χ1) is 6.86. The molecule has 0 spiro atoms. The highest BCUT2D eigenvalue weighted by Gasteiger charge is 2.05. The molecule has 1 atom stereocenters. The zero-order chi connectivity index (χ0) is 9.80. The molecule has 2 rings (SSSR count). The number of nitrogens with one attached hydrogen (secondary N) is 1. The quantitative estimate of drug-likeness (QED) is 0.833. The molecule has 0 fully saturated rings. The van der Waals surface area contributed by atoms with Crippen molar-refractivity contribution in [3.63, 3.8) is 0 Å². The van der Waals surface area contributed by atoms with E-state index in [-0.39, 0.29) is 0 Å². The monoisotopic (exact) mass is 207 g/mol. The van der Waals surface area contributed by atoms with E-state index in [9.17, 15) is 0 Å². The summed E-state index contributed by atoms with van der Waals surface area (Å²) in [5.41, 5.74) is 0. The lowest BCUT2D eigenvalue weighted by molar-refractivity contribution is 0.462. The van der Waals surface area contributed by atoms with Crippen molar-refractivity contribution in [3.05, 3.63) is 46.5 Å². The van der Waals surface area contributed by atoms with Crippen molar-refractivity contribution in [2.45, 2.75) is 19.5 Å². The average molecular weight is 207 g/mol. The molecule has 2 heterocycles. The molecule has 0 saturated heterocycles. The Morgan fingerprint density at radius 3 is 3.00 bits per heavy atom. The van der Waals surface area contributed by atoms with Crippen LogP contribution in [0.15, 0.2) is 40.3 Å². The molecule has 0 bridgehead atoms. The summed E-state index contributed by atoms with van der Waals surface area (Å²) in [6, 6.07) is 8.50. The third-order valence-electron chi connectivity index (χ3n) is 2.13. The Morgan fingerprint density at radius 2 is 2.36 bits per heavy atom. The summed E-state index contributed by atoms with van der Waals surface area (Å²) in [4.78, 5) is 1.36. The van der Waals surface area contributed by atoms with Gasteiger partial charge in [-0.2, -0.15) is 0 Å². The van der Waals surface area contributed by atoms with Crippen LogP contribution in [0.25, 0.3) is 0 Å². The maximum Gasteiger partial charge on any atom is 0.117 e. The van der Waals surface area contributed by atoms with Crippen LogP contribution in [0.5, 0.6) is 0 Å². The zero-order valence-corrected chi connectivity index (χ0v) is 8.88. The number of furan rings is 1. The highest BCUT2D eigenvalue weighted by atomic mass is 32.1. The molecule has 2 nitrogen and oxygen atoms in total. The van der Waals surface area contributed by atoms with E-state index in [4.69, 9.17) is 4.42 Å². The molecule has 0 aliphatic heterocycles. The van der Waals surface area contributed by atoms with Crippen LogP contribution in [-0.2, 0) is 6.54 Å². The summed E-state index contributed by atoms with van der Waals surface area (Å²) in [6.07, 6.45) is 1.70. The van der Waals surface area contributed by atoms with Gasteiger partial charge >= 0.3 is 0 Å². The summed E-state index contributed by atoms with van der Waals surface area (Å²) in [5, 5.41) is 5.50. The van der Waals surface area contributed by atoms with Crippen LogP contribution < -0.4 is 5.32 Å². The van der Waals surface area contributed by atoms with Gasteiger partial charge in [-0.05, 0) is 30.5 Å². The summed E-state index contributed by atoms with van der Waals surface area (Å²) < 4.78 is 5.24. The molecule has 74 valence electrons. The van der Waals surface area contributed by atoms with Gasteiger partial charge < -0.3 is 9.73 Å². The Kier molecular flexibility index (Phi) is 3.01. The summed E-state index contributed by atoms with van der Waals surface area (Å²) >= 11 is 1.78. The second kappa shape index (κ2) is 4.44. The van der Waals surface area contributed by atoms with Crippen LogP contribution in [0.1, 0.15) is 23.6 Å². The molecular formula is C11H13NOS. The molecule has 2 aromatic rings. The Hall–Kier alpha value is -1.06. The van der Waals surface area contributed by atoms with E-state index in [1.54, 1.807) is 17.6 Å². The van der Waals surface area contributed by atoms with Gasteiger partial charge in [-0.15, -0.1) is 11.3 Å². The molecule has 0 radical (unpaired) electrons. The highest BCUT2D eigenvalue weighted by molar-refractivity contribution is 7.10. The lowest BCUT2D eigenvalue weighted by Crippen LogP contribution is -2.16. The van der Waals surface area contributed by atoms with Gasteiger partial charge in [0, 0.05) is 10.9 Å². The first kappa shape index (κ1) is 9.49. The number of hydrogen-bond donors (Lipinski definition) is 1. The van der Waals surface area contributed by atoms with E-state index < -0.39 is 0 Å². The van der Waals surface area contributed by atoms with Crippen LogP contribution in [0.2, 0.25) is 0 Å². The first-order valence-corrected chi connectivity index (χ1v) is 5.53. The molecule has 0 amide bonds. The van der Waals surface area contributed by atoms with E-state index in [0.717, 1.165) is 12.3 Å². The van der Waals surface area contributed by atoms with E-state index in [1.807, 2.05) is 12.1 Å². The van der Waals surface area contributed by atoms with E-state index in [1.165, 1.54) is 4.88 Å². The van der Waals surface area contributed by atoms with Gasteiger partial charge in [0.2, 0.25) is 0 Å². The van der Waals surface area contributed by atoms with Crippen LogP contribution in [0.4, 0.5) is 0 Å². The van der Waals surface area contributed by atoms with Crippen LogP contribution in [0, 0.1) is 0 Å². The van der Waals surface area contributed by atoms with Crippen LogP contribution >= 0.6 is 11.3 Å². The van der Waals surface area contributed by atoms with Crippen molar-refractivity contribution in [1.82, 2.24) is 5.32 Å². The van der Waals surface area contributed by atoms with E-state index >= 15 is 0 Å². The van der Waals surface area contributed by atoms with Gasteiger partial charge in [-0.3, -0.25) is 0 Å². The zero-order valence-electron chi connectivity index (χ0n) is 8.07. The van der Waals surface area contributed by atoms with E-state index in [0.29, 0.717) is 6.04 Å². The molecule has 0 saturated carbocycles. The SMILES string of the molecule is CC(NCc1ccco1)c1cccs1. The Labute approximate surface area is 87.6 Å². The first-order valence-electron chi connectivity index (χ1n) is 4.65. The van der Waals surface area contributed by atoms with Crippen molar-refractivity contribution in [3.8, 4) is 0 Å². The minimum atomic E-state index is 0.389. The van der Waals surface area contributed by atoms with Gasteiger partial charge in [0.15, 0.2) is 0 Å². The topological polar surface area (TPSA) is 25.2 Å². The van der Waals surface area contributed by atoms with Crippen molar-refractivity contribution in [2.24, 2.45) is 0 Å². The minimum Gasteiger partial charge on any atom is -0.468 e. The Bertz CT molecular complexity index is 353. The Balaban J connectivity index is 1.87. The molecule has 1 unspecified atom stereocenters. The predicted octanol–water partition coefficient (Wildman–Crippen LogP) is 3.19. The predicted molar refractivity (Wildman–Crippen MR) is 58.3 cm³/mol. The third-order valence-corrected chi connectivity index (χ3v) is 3.19. The second-order valence-corrected chi connectivity index (χ2v) is 4.18. The molecule has 2 aromatic heterocycles. The molecule has 1 N–H and O–H groups in total. The van der Waals surface area contributed by atoms with Gasteiger partial charge in [0.25, 0.3) is 0 Å². The van der Waals surface area contributed by atoms with Gasteiger partial charge in [-0.1, -0.05) is 6.07 Å². The second-order valence-electron chi connectivity index (χ2n) is 3.20.